The summed E-state index contributed by atoms with van der Waals surface area (Å²) >= 11 is 3.65. The van der Waals surface area contributed by atoms with Crippen molar-refractivity contribution in [3.05, 3.63) is 34.3 Å². The van der Waals surface area contributed by atoms with Crippen molar-refractivity contribution in [2.45, 2.75) is 18.8 Å². The van der Waals surface area contributed by atoms with Crippen molar-refractivity contribution in [2.24, 2.45) is 0 Å². The standard InChI is InChI=1S/C15H21BrNO2S.ClH/c16-15-4-2-1-3-14(15)13-5-7-17(8-6-13)9-11-20(18,19)12-10-17;/h1-4,13H,5-12H2;1H/q+1;/p-1. The second-order valence-electron chi connectivity index (χ2n) is 6.18. The van der Waals surface area contributed by atoms with Gasteiger partial charge in [0, 0.05) is 17.3 Å². The first kappa shape index (κ1) is 17.3. The first-order valence-electron chi connectivity index (χ1n) is 7.30. The minimum atomic E-state index is -2.75. The number of rotatable bonds is 1. The summed E-state index contributed by atoms with van der Waals surface area (Å²) in [6.07, 6.45) is 2.34. The summed E-state index contributed by atoms with van der Waals surface area (Å²) in [4.78, 5) is 0. The molecule has 2 saturated heterocycles. The van der Waals surface area contributed by atoms with E-state index in [2.05, 4.69) is 40.2 Å². The first-order chi connectivity index (χ1) is 9.50. The fourth-order valence-electron chi connectivity index (χ4n) is 3.56. The molecule has 6 heteroatoms. The fourth-order valence-corrected chi connectivity index (χ4v) is 5.70. The Labute approximate surface area is 141 Å². The predicted octanol–water partition coefficient (Wildman–Crippen LogP) is -0.424. The summed E-state index contributed by atoms with van der Waals surface area (Å²) in [5, 5.41) is 0. The van der Waals surface area contributed by atoms with E-state index in [0.717, 1.165) is 30.7 Å². The lowest BCUT2D eigenvalue weighted by molar-refractivity contribution is -0.929. The molecule has 0 radical (unpaired) electrons. The Kier molecular flexibility index (Phi) is 5.40. The number of hydrogen-bond donors (Lipinski definition) is 0. The first-order valence-corrected chi connectivity index (χ1v) is 9.91. The van der Waals surface area contributed by atoms with E-state index in [1.807, 2.05) is 0 Å². The zero-order valence-corrected chi connectivity index (χ0v) is 15.1. The molecule has 21 heavy (non-hydrogen) atoms. The highest BCUT2D eigenvalue weighted by atomic mass is 79.9. The third-order valence-electron chi connectivity index (χ3n) is 5.00. The van der Waals surface area contributed by atoms with Gasteiger partial charge in [0.05, 0.1) is 37.7 Å². The normalized spacial score (nSPS) is 24.4. The van der Waals surface area contributed by atoms with Crippen LogP contribution in [0.4, 0.5) is 0 Å². The Morgan fingerprint density at radius 1 is 1.00 bits per heavy atom. The molecule has 2 heterocycles. The van der Waals surface area contributed by atoms with E-state index in [-0.39, 0.29) is 12.4 Å². The van der Waals surface area contributed by atoms with Gasteiger partial charge in [-0.3, -0.25) is 0 Å². The van der Waals surface area contributed by atoms with Gasteiger partial charge in [-0.1, -0.05) is 34.1 Å². The van der Waals surface area contributed by atoms with E-state index in [4.69, 9.17) is 0 Å². The van der Waals surface area contributed by atoms with Crippen LogP contribution in [-0.2, 0) is 9.84 Å². The molecule has 0 bridgehead atoms. The topological polar surface area (TPSA) is 34.1 Å². The highest BCUT2D eigenvalue weighted by Crippen LogP contribution is 2.35. The summed E-state index contributed by atoms with van der Waals surface area (Å²) in [7, 11) is -2.75. The van der Waals surface area contributed by atoms with Gasteiger partial charge in [-0.15, -0.1) is 0 Å². The highest BCUT2D eigenvalue weighted by Gasteiger charge is 2.39. The molecular formula is C15H21BrClNO2S. The summed E-state index contributed by atoms with van der Waals surface area (Å²) < 4.78 is 25.4. The lowest BCUT2D eigenvalue weighted by atomic mass is 9.88. The molecule has 1 aromatic rings. The molecule has 0 unspecified atom stereocenters. The van der Waals surface area contributed by atoms with Crippen LogP contribution in [0, 0.1) is 0 Å². The second-order valence-corrected chi connectivity index (χ2v) is 9.34. The number of sulfone groups is 1. The zero-order valence-electron chi connectivity index (χ0n) is 12.0. The van der Waals surface area contributed by atoms with Crippen LogP contribution in [0.3, 0.4) is 0 Å². The van der Waals surface area contributed by atoms with Crippen molar-refractivity contribution in [3.63, 3.8) is 0 Å². The molecule has 0 amide bonds. The van der Waals surface area contributed by atoms with Gasteiger partial charge in [-0.05, 0) is 17.5 Å². The molecule has 0 aliphatic carbocycles. The Hall–Kier alpha value is -0.100. The molecule has 2 aliphatic heterocycles. The molecule has 3 rings (SSSR count). The maximum absolute atomic E-state index is 11.6. The van der Waals surface area contributed by atoms with E-state index in [1.54, 1.807) is 0 Å². The summed E-state index contributed by atoms with van der Waals surface area (Å²) in [5.74, 6) is 1.38. The minimum absolute atomic E-state index is 0. The lowest BCUT2D eigenvalue weighted by Crippen LogP contribution is -3.00. The Balaban J connectivity index is 0.00000161. The van der Waals surface area contributed by atoms with Gasteiger partial charge in [-0.25, -0.2) is 8.42 Å². The minimum Gasteiger partial charge on any atom is -1.00 e. The number of nitrogens with zero attached hydrogens (tertiary/aromatic N) is 1. The molecule has 3 nitrogen and oxygen atoms in total. The van der Waals surface area contributed by atoms with Crippen LogP contribution in [0.2, 0.25) is 0 Å². The van der Waals surface area contributed by atoms with Crippen molar-refractivity contribution in [3.8, 4) is 0 Å². The number of piperidine rings is 1. The fraction of sp³-hybridized carbons (Fsp3) is 0.600. The SMILES string of the molecule is O=S1(=O)CC[N+]2(CCC(c3ccccc3Br)CC2)CC1.[Cl-]. The highest BCUT2D eigenvalue weighted by molar-refractivity contribution is 9.10. The monoisotopic (exact) mass is 393 g/mol. The van der Waals surface area contributed by atoms with Gasteiger partial charge in [0.2, 0.25) is 0 Å². The maximum atomic E-state index is 11.6. The molecule has 0 N–H and O–H groups in total. The van der Waals surface area contributed by atoms with E-state index >= 15 is 0 Å². The van der Waals surface area contributed by atoms with Crippen LogP contribution < -0.4 is 12.4 Å². The second kappa shape index (κ2) is 6.57. The zero-order chi connectivity index (χ0) is 14.2. The van der Waals surface area contributed by atoms with Gasteiger partial charge >= 0.3 is 0 Å². The van der Waals surface area contributed by atoms with Crippen molar-refractivity contribution in [1.82, 2.24) is 0 Å². The van der Waals surface area contributed by atoms with Crippen LogP contribution in [0.15, 0.2) is 28.7 Å². The Morgan fingerprint density at radius 2 is 1.57 bits per heavy atom. The van der Waals surface area contributed by atoms with Crippen LogP contribution in [-0.4, -0.2) is 50.6 Å². The number of benzene rings is 1. The van der Waals surface area contributed by atoms with Crippen molar-refractivity contribution in [1.29, 1.82) is 0 Å². The summed E-state index contributed by atoms with van der Waals surface area (Å²) in [6.45, 7) is 3.90. The van der Waals surface area contributed by atoms with Crippen molar-refractivity contribution in [2.75, 3.05) is 37.7 Å². The number of quaternary nitrogens is 1. The third-order valence-corrected chi connectivity index (χ3v) is 7.33. The van der Waals surface area contributed by atoms with Crippen molar-refractivity contribution >= 4 is 25.8 Å². The summed E-state index contributed by atoms with van der Waals surface area (Å²) in [5.41, 5.74) is 1.41. The maximum Gasteiger partial charge on any atom is 0.161 e. The smallest absolute Gasteiger partial charge is 0.161 e. The molecule has 1 spiro atoms. The van der Waals surface area contributed by atoms with Gasteiger partial charge in [0.15, 0.2) is 9.84 Å². The molecule has 1 aromatic carbocycles. The predicted molar refractivity (Wildman–Crippen MR) is 84.5 cm³/mol. The molecule has 2 fully saturated rings. The van der Waals surface area contributed by atoms with Crippen LogP contribution in [0.1, 0.15) is 24.3 Å². The van der Waals surface area contributed by atoms with E-state index in [9.17, 15) is 8.42 Å². The van der Waals surface area contributed by atoms with Crippen molar-refractivity contribution < 1.29 is 25.3 Å². The number of hydrogen-bond acceptors (Lipinski definition) is 2. The number of halogens is 2. The Morgan fingerprint density at radius 3 is 2.14 bits per heavy atom. The third kappa shape index (κ3) is 3.81. The molecule has 0 saturated carbocycles. The van der Waals surface area contributed by atoms with Crippen LogP contribution in [0.25, 0.3) is 0 Å². The molecule has 0 atom stereocenters. The molecule has 118 valence electrons. The van der Waals surface area contributed by atoms with Gasteiger partial charge < -0.3 is 16.9 Å². The van der Waals surface area contributed by atoms with Gasteiger partial charge in [0.25, 0.3) is 0 Å². The molecular weight excluding hydrogens is 374 g/mol. The van der Waals surface area contributed by atoms with E-state index in [0.29, 0.717) is 17.4 Å². The molecule has 0 aromatic heterocycles. The van der Waals surface area contributed by atoms with Crippen LogP contribution in [0.5, 0.6) is 0 Å². The average molecular weight is 395 g/mol. The van der Waals surface area contributed by atoms with Gasteiger partial charge in [0.1, 0.15) is 0 Å². The average Bonchev–Trinajstić information content (AvgIpc) is 2.44. The van der Waals surface area contributed by atoms with Crippen LogP contribution >= 0.6 is 15.9 Å². The quantitative estimate of drug-likeness (QED) is 0.606. The molecule has 2 aliphatic rings. The van der Waals surface area contributed by atoms with E-state index in [1.165, 1.54) is 22.9 Å². The van der Waals surface area contributed by atoms with Gasteiger partial charge in [-0.2, -0.15) is 0 Å². The Bertz CT molecular complexity index is 581. The van der Waals surface area contributed by atoms with E-state index < -0.39 is 9.84 Å². The lowest BCUT2D eigenvalue weighted by Gasteiger charge is -2.45. The summed E-state index contributed by atoms with van der Waals surface area (Å²) in [6, 6.07) is 8.49. The largest absolute Gasteiger partial charge is 1.00 e.